The predicted molar refractivity (Wildman–Crippen MR) is 81.1 cm³/mol. The first-order valence-corrected chi connectivity index (χ1v) is 8.45. The zero-order valence-electron chi connectivity index (χ0n) is 9.64. The van der Waals surface area contributed by atoms with E-state index in [1.54, 1.807) is 0 Å². The van der Waals surface area contributed by atoms with E-state index in [1.165, 1.54) is 12.4 Å². The molecule has 0 amide bonds. The Morgan fingerprint density at radius 3 is 2.44 bits per heavy atom. The van der Waals surface area contributed by atoms with Crippen molar-refractivity contribution in [3.05, 3.63) is 69.8 Å². The van der Waals surface area contributed by atoms with Gasteiger partial charge < -0.3 is 0 Å². The summed E-state index contributed by atoms with van der Waals surface area (Å²) in [5.74, 6) is 0. The molecule has 0 nitrogen and oxygen atoms in total. The number of fused-ring (bicyclic) bond motifs is 1. The Balaban J connectivity index is 2.00. The maximum atomic E-state index is 6.37. The number of hydrogen-bond donors (Lipinski definition) is 0. The molecule has 0 saturated heterocycles. The number of halogens is 1. The first kappa shape index (κ1) is 12.1. The van der Waals surface area contributed by atoms with Gasteiger partial charge in [-0.3, -0.25) is 0 Å². The van der Waals surface area contributed by atoms with E-state index in [4.69, 9.17) is 11.6 Å². The second-order valence-corrected chi connectivity index (χ2v) is 7.64. The van der Waals surface area contributed by atoms with Crippen LogP contribution >= 0.6 is 11.6 Å². The Bertz CT molecular complexity index is 662. The molecule has 88 valence electrons. The van der Waals surface area contributed by atoms with Crippen LogP contribution in [0.3, 0.4) is 0 Å². The fourth-order valence-corrected chi connectivity index (χ4v) is 5.20. The normalized spacial score (nSPS) is 11.9. The molecule has 3 rings (SSSR count). The van der Waals surface area contributed by atoms with Gasteiger partial charge in [-0.25, -0.2) is 0 Å². The van der Waals surface area contributed by atoms with Crippen LogP contribution in [0.25, 0.3) is 19.9 Å². The molecule has 1 aromatic heterocycles. The van der Waals surface area contributed by atoms with Crippen molar-refractivity contribution in [2.75, 3.05) is 0 Å². The van der Waals surface area contributed by atoms with Crippen LogP contribution in [0.1, 0.15) is 9.14 Å². The van der Waals surface area contributed by atoms with Crippen molar-refractivity contribution < 1.29 is 0 Å². The summed E-state index contributed by atoms with van der Waals surface area (Å²) in [6.07, 6.45) is 2.12. The van der Waals surface area contributed by atoms with Crippen molar-refractivity contribution in [3.8, 4) is 0 Å². The Kier molecular flexibility index (Phi) is 3.57. The molecule has 1 heterocycles. The van der Waals surface area contributed by atoms with Gasteiger partial charge in [-0.05, 0) is 0 Å². The molecular formula is C16H11ClTe. The van der Waals surface area contributed by atoms with Gasteiger partial charge in [0.05, 0.1) is 0 Å². The molecule has 0 aliphatic heterocycles. The standard InChI is InChI=1S/C16H11ClTe/c17-15(12-6-2-1-3-7-12)11-14-10-13-8-4-5-9-16(13)18-14/h1-11H/b15-11-. The molecule has 0 saturated carbocycles. The average Bonchev–Trinajstić information content (AvgIpc) is 2.82. The molecule has 0 fully saturated rings. The Hall–Kier alpha value is -1.00. The van der Waals surface area contributed by atoms with E-state index in [0.29, 0.717) is 0 Å². The van der Waals surface area contributed by atoms with E-state index in [-0.39, 0.29) is 20.4 Å². The van der Waals surface area contributed by atoms with Crippen molar-refractivity contribution in [2.24, 2.45) is 0 Å². The summed E-state index contributed by atoms with van der Waals surface area (Å²) in [7, 11) is 0. The molecule has 0 spiro atoms. The molecule has 0 atom stereocenters. The van der Waals surface area contributed by atoms with Gasteiger partial charge in [0, 0.05) is 0 Å². The third kappa shape index (κ3) is 2.54. The minimum absolute atomic E-state index is 0.258. The first-order valence-electron chi connectivity index (χ1n) is 5.74. The number of rotatable bonds is 2. The van der Waals surface area contributed by atoms with Crippen LogP contribution in [0.2, 0.25) is 0 Å². The summed E-state index contributed by atoms with van der Waals surface area (Å²) in [6.45, 7) is 0. The minimum atomic E-state index is -0.258. The maximum absolute atomic E-state index is 6.37. The molecule has 2 aromatic carbocycles. The van der Waals surface area contributed by atoms with Gasteiger partial charge in [0.15, 0.2) is 0 Å². The van der Waals surface area contributed by atoms with Gasteiger partial charge in [-0.2, -0.15) is 0 Å². The summed E-state index contributed by atoms with van der Waals surface area (Å²) >= 11 is 6.11. The van der Waals surface area contributed by atoms with Crippen LogP contribution in [0.15, 0.2) is 60.7 Å². The van der Waals surface area contributed by atoms with Gasteiger partial charge in [0.25, 0.3) is 0 Å². The SMILES string of the molecule is Cl/C(=C\c1cc2ccccc2[te]1)c1ccccc1. The molecular weight excluding hydrogens is 355 g/mol. The first-order chi connectivity index (χ1) is 8.83. The second-order valence-electron chi connectivity index (χ2n) is 4.04. The fourth-order valence-electron chi connectivity index (χ4n) is 1.88. The van der Waals surface area contributed by atoms with Crippen LogP contribution in [0.5, 0.6) is 0 Å². The summed E-state index contributed by atoms with van der Waals surface area (Å²) in [5, 5.41) is 2.20. The van der Waals surface area contributed by atoms with Crippen LogP contribution < -0.4 is 0 Å². The van der Waals surface area contributed by atoms with E-state index >= 15 is 0 Å². The average molecular weight is 366 g/mol. The van der Waals surface area contributed by atoms with Crippen LogP contribution in [0.4, 0.5) is 0 Å². The van der Waals surface area contributed by atoms with E-state index in [0.717, 1.165) is 10.6 Å². The summed E-state index contributed by atoms with van der Waals surface area (Å²) in [5.41, 5.74) is 1.09. The predicted octanol–water partition coefficient (Wildman–Crippen LogP) is 4.63. The van der Waals surface area contributed by atoms with Gasteiger partial charge >= 0.3 is 122 Å². The number of benzene rings is 2. The Morgan fingerprint density at radius 2 is 1.67 bits per heavy atom. The quantitative estimate of drug-likeness (QED) is 0.580. The van der Waals surface area contributed by atoms with E-state index in [1.807, 2.05) is 30.3 Å². The zero-order chi connectivity index (χ0) is 12.4. The van der Waals surface area contributed by atoms with Crippen molar-refractivity contribution in [3.63, 3.8) is 0 Å². The van der Waals surface area contributed by atoms with Gasteiger partial charge in [-0.1, -0.05) is 0 Å². The summed E-state index contributed by atoms with van der Waals surface area (Å²) < 4.78 is 2.90. The van der Waals surface area contributed by atoms with Crippen molar-refractivity contribution >= 4 is 51.9 Å². The number of hydrogen-bond acceptors (Lipinski definition) is 0. The Labute approximate surface area is 121 Å². The fraction of sp³-hybridized carbons (Fsp3) is 0. The van der Waals surface area contributed by atoms with Gasteiger partial charge in [0.1, 0.15) is 0 Å². The van der Waals surface area contributed by atoms with E-state index < -0.39 is 0 Å². The van der Waals surface area contributed by atoms with E-state index in [2.05, 4.69) is 36.4 Å². The summed E-state index contributed by atoms with van der Waals surface area (Å²) in [4.78, 5) is 0. The van der Waals surface area contributed by atoms with Crippen LogP contribution in [0, 0.1) is 0 Å². The molecule has 0 unspecified atom stereocenters. The summed E-state index contributed by atoms with van der Waals surface area (Å²) in [6, 6.07) is 21.0. The Morgan fingerprint density at radius 1 is 0.944 bits per heavy atom. The zero-order valence-corrected chi connectivity index (χ0v) is 12.7. The third-order valence-corrected chi connectivity index (χ3v) is 6.12. The molecule has 0 bridgehead atoms. The molecule has 0 aliphatic rings. The van der Waals surface area contributed by atoms with Crippen molar-refractivity contribution in [2.45, 2.75) is 0 Å². The monoisotopic (exact) mass is 368 g/mol. The molecule has 0 radical (unpaired) electrons. The van der Waals surface area contributed by atoms with Crippen molar-refractivity contribution in [1.82, 2.24) is 0 Å². The third-order valence-electron chi connectivity index (χ3n) is 2.76. The molecule has 3 aromatic rings. The molecule has 0 N–H and O–H groups in total. The van der Waals surface area contributed by atoms with Crippen LogP contribution in [-0.4, -0.2) is 20.4 Å². The van der Waals surface area contributed by atoms with E-state index in [9.17, 15) is 0 Å². The van der Waals surface area contributed by atoms with Gasteiger partial charge in [0.2, 0.25) is 0 Å². The molecule has 18 heavy (non-hydrogen) atoms. The topological polar surface area (TPSA) is 0 Å². The second kappa shape index (κ2) is 5.33. The van der Waals surface area contributed by atoms with Gasteiger partial charge in [-0.15, -0.1) is 0 Å². The molecule has 2 heteroatoms. The van der Waals surface area contributed by atoms with Crippen molar-refractivity contribution in [1.29, 1.82) is 0 Å². The molecule has 0 aliphatic carbocycles. The van der Waals surface area contributed by atoms with Crippen LogP contribution in [-0.2, 0) is 0 Å².